The summed E-state index contributed by atoms with van der Waals surface area (Å²) >= 11 is 5.40. The second-order valence-electron chi connectivity index (χ2n) is 7.42. The maximum Gasteiger partial charge on any atom is 0.248 e. The molecule has 7 heteroatoms. The molecule has 1 heterocycles. The van der Waals surface area contributed by atoms with E-state index in [1.54, 1.807) is 30.3 Å². The Bertz CT molecular complexity index is 1290. The van der Waals surface area contributed by atoms with Gasteiger partial charge >= 0.3 is 0 Å². The molecule has 0 aliphatic rings. The summed E-state index contributed by atoms with van der Waals surface area (Å²) in [5.74, 6) is -0.725. The first kappa shape index (κ1) is 21.4. The first-order valence-electron chi connectivity index (χ1n) is 10.0. The van der Waals surface area contributed by atoms with E-state index in [0.29, 0.717) is 10.7 Å². The molecule has 5 nitrogen and oxygen atoms in total. The molecular formula is C25H21FN4OS. The molecule has 32 heavy (non-hydrogen) atoms. The normalized spacial score (nSPS) is 11.7. The van der Waals surface area contributed by atoms with E-state index in [-0.39, 0.29) is 11.9 Å². The maximum atomic E-state index is 13.1. The van der Waals surface area contributed by atoms with Gasteiger partial charge in [-0.2, -0.15) is 0 Å². The molecule has 3 aromatic carbocycles. The van der Waals surface area contributed by atoms with Gasteiger partial charge in [0, 0.05) is 22.2 Å². The number of nitrogens with two attached hydrogens (primary N) is 1. The Kier molecular flexibility index (Phi) is 6.09. The van der Waals surface area contributed by atoms with Crippen LogP contribution >= 0.6 is 12.2 Å². The standard InChI is InChI=1S/C25H21FN4OS/c1-15(16-2-8-20(26)9-3-16)28-25(32)29-21-10-4-17(5-11-21)22-12-6-18-14-19(24(27)31)7-13-23(18)30-22/h2-15H,1H3,(H2,27,31)(H2,28,29,32). The fraction of sp³-hybridized carbons (Fsp3) is 0.0800. The van der Waals surface area contributed by atoms with Gasteiger partial charge in [0.25, 0.3) is 0 Å². The molecule has 0 aliphatic heterocycles. The molecule has 0 saturated heterocycles. The molecule has 1 unspecified atom stereocenters. The van der Waals surface area contributed by atoms with Gasteiger partial charge in [0.15, 0.2) is 5.11 Å². The molecule has 0 radical (unpaired) electrons. The van der Waals surface area contributed by atoms with Crippen LogP contribution in [0.2, 0.25) is 0 Å². The minimum atomic E-state index is -0.460. The number of rotatable bonds is 5. The van der Waals surface area contributed by atoms with Crippen molar-refractivity contribution in [1.82, 2.24) is 10.3 Å². The Morgan fingerprint density at radius 3 is 2.41 bits per heavy atom. The molecule has 4 N–H and O–H groups in total. The Hall–Kier alpha value is -3.84. The van der Waals surface area contributed by atoms with Gasteiger partial charge in [-0.25, -0.2) is 9.37 Å². The number of nitrogens with one attached hydrogen (secondary N) is 2. The van der Waals surface area contributed by atoms with E-state index in [4.69, 9.17) is 18.0 Å². The van der Waals surface area contributed by atoms with Crippen molar-refractivity contribution >= 4 is 39.8 Å². The fourth-order valence-electron chi connectivity index (χ4n) is 3.36. The molecule has 0 saturated carbocycles. The quantitative estimate of drug-likeness (QED) is 0.369. The molecule has 0 bridgehead atoms. The van der Waals surface area contributed by atoms with Crippen LogP contribution in [0.5, 0.6) is 0 Å². The minimum Gasteiger partial charge on any atom is -0.366 e. The van der Waals surface area contributed by atoms with Gasteiger partial charge < -0.3 is 16.4 Å². The van der Waals surface area contributed by atoms with Crippen LogP contribution in [0.15, 0.2) is 78.9 Å². The highest BCUT2D eigenvalue weighted by atomic mass is 32.1. The van der Waals surface area contributed by atoms with Gasteiger partial charge in [-0.1, -0.05) is 30.3 Å². The monoisotopic (exact) mass is 444 g/mol. The van der Waals surface area contributed by atoms with Gasteiger partial charge in [-0.15, -0.1) is 0 Å². The van der Waals surface area contributed by atoms with Crippen molar-refractivity contribution in [2.24, 2.45) is 5.73 Å². The zero-order valence-electron chi connectivity index (χ0n) is 17.3. The third-order valence-electron chi connectivity index (χ3n) is 5.13. The topological polar surface area (TPSA) is 80.0 Å². The van der Waals surface area contributed by atoms with E-state index in [1.807, 2.05) is 43.3 Å². The molecule has 1 aromatic heterocycles. The van der Waals surface area contributed by atoms with Gasteiger partial charge in [0.1, 0.15) is 5.82 Å². The molecular weight excluding hydrogens is 423 g/mol. The molecule has 4 rings (SSSR count). The summed E-state index contributed by atoms with van der Waals surface area (Å²) in [6.45, 7) is 1.96. The number of primary amides is 1. The highest BCUT2D eigenvalue weighted by molar-refractivity contribution is 7.80. The van der Waals surface area contributed by atoms with Crippen molar-refractivity contribution in [1.29, 1.82) is 0 Å². The summed E-state index contributed by atoms with van der Waals surface area (Å²) in [5.41, 5.74) is 10.1. The van der Waals surface area contributed by atoms with Crippen molar-refractivity contribution in [2.45, 2.75) is 13.0 Å². The number of hydrogen-bond donors (Lipinski definition) is 3. The predicted molar refractivity (Wildman–Crippen MR) is 130 cm³/mol. The minimum absolute atomic E-state index is 0.0632. The SMILES string of the molecule is CC(NC(=S)Nc1ccc(-c2ccc3cc(C(N)=O)ccc3n2)cc1)c1ccc(F)cc1. The third-order valence-corrected chi connectivity index (χ3v) is 5.35. The number of halogens is 1. The van der Waals surface area contributed by atoms with Gasteiger partial charge in [-0.3, -0.25) is 4.79 Å². The highest BCUT2D eigenvalue weighted by Crippen LogP contribution is 2.23. The van der Waals surface area contributed by atoms with E-state index >= 15 is 0 Å². The Morgan fingerprint density at radius 2 is 1.72 bits per heavy atom. The largest absolute Gasteiger partial charge is 0.366 e. The number of benzene rings is 3. The average molecular weight is 445 g/mol. The highest BCUT2D eigenvalue weighted by Gasteiger charge is 2.09. The third kappa shape index (κ3) is 4.90. The van der Waals surface area contributed by atoms with Crippen LogP contribution in [0.1, 0.15) is 28.9 Å². The van der Waals surface area contributed by atoms with Crippen LogP contribution < -0.4 is 16.4 Å². The van der Waals surface area contributed by atoms with E-state index in [1.165, 1.54) is 12.1 Å². The number of thiocarbonyl (C=S) groups is 1. The second kappa shape index (κ2) is 9.11. The van der Waals surface area contributed by atoms with Gasteiger partial charge in [-0.05, 0) is 73.2 Å². The van der Waals surface area contributed by atoms with Crippen molar-refractivity contribution in [3.8, 4) is 11.3 Å². The van der Waals surface area contributed by atoms with E-state index in [9.17, 15) is 9.18 Å². The summed E-state index contributed by atoms with van der Waals surface area (Å²) in [6.07, 6.45) is 0. The number of amides is 1. The number of nitrogens with zero attached hydrogens (tertiary/aromatic N) is 1. The van der Waals surface area contributed by atoms with Crippen LogP contribution in [0.3, 0.4) is 0 Å². The van der Waals surface area contributed by atoms with Crippen LogP contribution in [0.25, 0.3) is 22.2 Å². The van der Waals surface area contributed by atoms with Crippen LogP contribution in [0, 0.1) is 5.82 Å². The van der Waals surface area contributed by atoms with Crippen molar-refractivity contribution in [2.75, 3.05) is 5.32 Å². The zero-order chi connectivity index (χ0) is 22.7. The predicted octanol–water partition coefficient (Wildman–Crippen LogP) is 5.19. The number of carbonyl (C=O) groups is 1. The Balaban J connectivity index is 1.43. The second-order valence-corrected chi connectivity index (χ2v) is 7.83. The molecule has 160 valence electrons. The number of carbonyl (C=O) groups excluding carboxylic acids is 1. The van der Waals surface area contributed by atoms with E-state index in [2.05, 4.69) is 15.6 Å². The lowest BCUT2D eigenvalue weighted by molar-refractivity contribution is 0.100. The summed E-state index contributed by atoms with van der Waals surface area (Å²) in [4.78, 5) is 16.0. The van der Waals surface area contributed by atoms with Crippen molar-refractivity contribution < 1.29 is 9.18 Å². The molecule has 4 aromatic rings. The summed E-state index contributed by atoms with van der Waals surface area (Å²) < 4.78 is 13.1. The lowest BCUT2D eigenvalue weighted by Gasteiger charge is -2.17. The van der Waals surface area contributed by atoms with Crippen LogP contribution in [-0.2, 0) is 0 Å². The van der Waals surface area contributed by atoms with Crippen LogP contribution in [0.4, 0.5) is 10.1 Å². The van der Waals surface area contributed by atoms with Gasteiger partial charge in [0.2, 0.25) is 5.91 Å². The molecule has 1 amide bonds. The van der Waals surface area contributed by atoms with E-state index < -0.39 is 5.91 Å². The lowest BCUT2D eigenvalue weighted by Crippen LogP contribution is -2.30. The smallest absolute Gasteiger partial charge is 0.248 e. The Morgan fingerprint density at radius 1 is 1.00 bits per heavy atom. The molecule has 0 fully saturated rings. The van der Waals surface area contributed by atoms with Crippen molar-refractivity contribution in [3.63, 3.8) is 0 Å². The lowest BCUT2D eigenvalue weighted by atomic mass is 10.1. The first-order valence-corrected chi connectivity index (χ1v) is 10.4. The summed E-state index contributed by atoms with van der Waals surface area (Å²) in [6, 6.07) is 23.1. The number of anilines is 1. The van der Waals surface area contributed by atoms with E-state index in [0.717, 1.165) is 33.4 Å². The first-order chi connectivity index (χ1) is 15.4. The number of hydrogen-bond acceptors (Lipinski definition) is 3. The number of aromatic nitrogens is 1. The Labute approximate surface area is 190 Å². The fourth-order valence-corrected chi connectivity index (χ4v) is 3.66. The molecule has 1 atom stereocenters. The van der Waals surface area contributed by atoms with Crippen molar-refractivity contribution in [3.05, 3.63) is 95.8 Å². The number of fused-ring (bicyclic) bond motifs is 1. The van der Waals surface area contributed by atoms with Crippen LogP contribution in [-0.4, -0.2) is 16.0 Å². The summed E-state index contributed by atoms with van der Waals surface area (Å²) in [5, 5.41) is 7.69. The zero-order valence-corrected chi connectivity index (χ0v) is 18.1. The molecule has 0 aliphatic carbocycles. The van der Waals surface area contributed by atoms with Gasteiger partial charge in [0.05, 0.1) is 17.3 Å². The summed E-state index contributed by atoms with van der Waals surface area (Å²) in [7, 11) is 0. The average Bonchev–Trinajstić information content (AvgIpc) is 2.79. The maximum absolute atomic E-state index is 13.1. The number of pyridine rings is 1. The molecule has 0 spiro atoms.